The molecule has 3 N–H and O–H groups in total. The summed E-state index contributed by atoms with van der Waals surface area (Å²) in [6.45, 7) is 3.34. The quantitative estimate of drug-likeness (QED) is 0.708. The van der Waals surface area contributed by atoms with Crippen molar-refractivity contribution in [3.05, 3.63) is 29.2 Å². The van der Waals surface area contributed by atoms with Crippen molar-refractivity contribution in [2.75, 3.05) is 25.5 Å². The number of fused-ring (bicyclic) bond motifs is 1. The largest absolute Gasteiger partial charge is 0.419 e. The first-order valence-corrected chi connectivity index (χ1v) is 10.1. The average molecular weight is 422 g/mol. The van der Waals surface area contributed by atoms with Crippen molar-refractivity contribution in [1.82, 2.24) is 25.2 Å². The molecular weight excluding hydrogens is 397 g/mol. The topological polar surface area (TPSA) is 85.9 Å². The van der Waals surface area contributed by atoms with Crippen LogP contribution in [0, 0.1) is 0 Å². The number of halogens is 3. The molecule has 4 rings (SSSR count). The second-order valence-electron chi connectivity index (χ2n) is 8.07. The minimum Gasteiger partial charge on any atom is -0.356 e. The van der Waals surface area contributed by atoms with Gasteiger partial charge in [0.05, 0.1) is 5.69 Å². The molecule has 0 spiro atoms. The van der Waals surface area contributed by atoms with E-state index in [0.717, 1.165) is 19.0 Å². The normalized spacial score (nSPS) is 22.6. The summed E-state index contributed by atoms with van der Waals surface area (Å²) in [7, 11) is 1.69. The Bertz CT molecular complexity index is 933. The predicted molar refractivity (Wildman–Crippen MR) is 106 cm³/mol. The van der Waals surface area contributed by atoms with Gasteiger partial charge in [-0.05, 0) is 38.2 Å². The number of nitrogens with zero attached hydrogens (tertiary/aromatic N) is 3. The lowest BCUT2D eigenvalue weighted by Crippen LogP contribution is -2.43. The van der Waals surface area contributed by atoms with Gasteiger partial charge in [-0.2, -0.15) is 13.2 Å². The number of rotatable bonds is 3. The molecule has 0 radical (unpaired) electrons. The number of hydrogen-bond donors (Lipinski definition) is 3. The van der Waals surface area contributed by atoms with Crippen LogP contribution in [0.1, 0.15) is 47.8 Å². The van der Waals surface area contributed by atoms with Crippen molar-refractivity contribution in [3.63, 3.8) is 0 Å². The average Bonchev–Trinajstić information content (AvgIpc) is 3.06. The van der Waals surface area contributed by atoms with E-state index in [1.165, 1.54) is 6.20 Å². The minimum atomic E-state index is -4.61. The molecule has 2 aliphatic heterocycles. The van der Waals surface area contributed by atoms with Gasteiger partial charge in [0.1, 0.15) is 11.3 Å². The Hall–Kier alpha value is -2.62. The van der Waals surface area contributed by atoms with E-state index in [4.69, 9.17) is 0 Å². The Balaban J connectivity index is 1.73. The lowest BCUT2D eigenvalue weighted by atomic mass is 10.0. The number of aromatic amines is 1. The van der Waals surface area contributed by atoms with Crippen LogP contribution in [0.2, 0.25) is 0 Å². The summed E-state index contributed by atoms with van der Waals surface area (Å²) in [5.41, 5.74) is 0.105. The second-order valence-corrected chi connectivity index (χ2v) is 8.07. The van der Waals surface area contributed by atoms with Gasteiger partial charge in [0.25, 0.3) is 5.91 Å². The lowest BCUT2D eigenvalue weighted by molar-refractivity contribution is -0.137. The molecular formula is C20H25F3N6O. The minimum absolute atomic E-state index is 0.0457. The first kappa shape index (κ1) is 20.6. The first-order chi connectivity index (χ1) is 14.2. The fraction of sp³-hybridized carbons (Fsp3) is 0.550. The summed E-state index contributed by atoms with van der Waals surface area (Å²) in [5.74, 6) is -0.0662. The summed E-state index contributed by atoms with van der Waals surface area (Å²) in [4.78, 5) is 25.2. The Kier molecular flexibility index (Phi) is 5.44. The number of anilines is 1. The summed E-state index contributed by atoms with van der Waals surface area (Å²) in [6, 6.07) is 0.461. The van der Waals surface area contributed by atoms with Crippen molar-refractivity contribution >= 4 is 11.9 Å². The number of amides is 1. The van der Waals surface area contributed by atoms with E-state index in [2.05, 4.69) is 32.5 Å². The van der Waals surface area contributed by atoms with Gasteiger partial charge in [-0.25, -0.2) is 9.97 Å². The molecule has 30 heavy (non-hydrogen) atoms. The molecule has 2 aromatic heterocycles. The highest BCUT2D eigenvalue weighted by molar-refractivity contribution is 5.96. The molecule has 0 bridgehead atoms. The van der Waals surface area contributed by atoms with Gasteiger partial charge in [-0.15, -0.1) is 0 Å². The number of nitrogens with one attached hydrogen (secondary N) is 3. The van der Waals surface area contributed by atoms with Gasteiger partial charge in [0.2, 0.25) is 5.95 Å². The lowest BCUT2D eigenvalue weighted by Gasteiger charge is -2.28. The van der Waals surface area contributed by atoms with Crippen molar-refractivity contribution < 1.29 is 18.0 Å². The third kappa shape index (κ3) is 4.00. The molecule has 1 amide bonds. The Morgan fingerprint density at radius 2 is 2.10 bits per heavy atom. The maximum absolute atomic E-state index is 13.7. The summed E-state index contributed by atoms with van der Waals surface area (Å²) < 4.78 is 41.2. The van der Waals surface area contributed by atoms with Gasteiger partial charge >= 0.3 is 6.18 Å². The molecule has 1 fully saturated rings. The number of carbonyl (C=O) groups is 1. The van der Waals surface area contributed by atoms with E-state index in [9.17, 15) is 18.0 Å². The van der Waals surface area contributed by atoms with Crippen LogP contribution >= 0.6 is 0 Å². The third-order valence-corrected chi connectivity index (χ3v) is 5.81. The van der Waals surface area contributed by atoms with Gasteiger partial charge in [-0.1, -0.05) is 0 Å². The molecule has 0 saturated carbocycles. The zero-order valence-corrected chi connectivity index (χ0v) is 16.9. The number of H-pyrrole nitrogens is 1. The van der Waals surface area contributed by atoms with Gasteiger partial charge in [0, 0.05) is 50.2 Å². The third-order valence-electron chi connectivity index (χ3n) is 5.81. The van der Waals surface area contributed by atoms with Crippen molar-refractivity contribution in [1.29, 1.82) is 0 Å². The zero-order chi connectivity index (χ0) is 21.5. The Morgan fingerprint density at radius 1 is 1.30 bits per heavy atom. The maximum Gasteiger partial charge on any atom is 0.419 e. The highest BCUT2D eigenvalue weighted by Gasteiger charge is 2.37. The van der Waals surface area contributed by atoms with Crippen LogP contribution in [0.25, 0.3) is 11.3 Å². The van der Waals surface area contributed by atoms with Gasteiger partial charge < -0.3 is 20.5 Å². The highest BCUT2D eigenvalue weighted by atomic mass is 19.4. The molecule has 162 valence electrons. The Labute approximate surface area is 172 Å². The van der Waals surface area contributed by atoms with Crippen LogP contribution < -0.4 is 10.6 Å². The summed E-state index contributed by atoms with van der Waals surface area (Å²) in [6.07, 6.45) is 0.689. The molecule has 2 aliphatic rings. The van der Waals surface area contributed by atoms with E-state index in [1.807, 2.05) is 0 Å². The zero-order valence-electron chi connectivity index (χ0n) is 16.9. The van der Waals surface area contributed by atoms with E-state index in [1.54, 1.807) is 11.9 Å². The summed E-state index contributed by atoms with van der Waals surface area (Å²) >= 11 is 0. The van der Waals surface area contributed by atoms with Crippen molar-refractivity contribution in [2.45, 2.75) is 50.9 Å². The molecule has 0 aliphatic carbocycles. The van der Waals surface area contributed by atoms with Crippen LogP contribution in [0.5, 0.6) is 0 Å². The molecule has 0 aromatic carbocycles. The SMILES string of the molecule is CC1CCC(Nc2ncc(C(F)(F)F)c(-c3c[nH]c4c3CCCN(C)C4=O)n2)CN1. The van der Waals surface area contributed by atoms with Crippen LogP contribution in [-0.2, 0) is 12.6 Å². The van der Waals surface area contributed by atoms with Crippen LogP contribution in [0.4, 0.5) is 19.1 Å². The molecule has 7 nitrogen and oxygen atoms in total. The van der Waals surface area contributed by atoms with E-state index in [0.29, 0.717) is 48.8 Å². The van der Waals surface area contributed by atoms with Crippen molar-refractivity contribution in [2.24, 2.45) is 0 Å². The van der Waals surface area contributed by atoms with Crippen LogP contribution in [0.3, 0.4) is 0 Å². The fourth-order valence-electron chi connectivity index (χ4n) is 4.07. The summed E-state index contributed by atoms with van der Waals surface area (Å²) in [5, 5.41) is 6.49. The van der Waals surface area contributed by atoms with Gasteiger partial charge in [0.15, 0.2) is 0 Å². The molecule has 2 unspecified atom stereocenters. The number of hydrogen-bond acceptors (Lipinski definition) is 5. The first-order valence-electron chi connectivity index (χ1n) is 10.1. The van der Waals surface area contributed by atoms with E-state index in [-0.39, 0.29) is 23.6 Å². The number of carbonyl (C=O) groups excluding carboxylic acids is 1. The number of alkyl halides is 3. The molecule has 2 aromatic rings. The van der Waals surface area contributed by atoms with E-state index >= 15 is 0 Å². The standard InChI is InChI=1S/C20H25F3N6O/c1-11-5-6-12(8-24-11)27-19-26-10-15(20(21,22)23)16(28-19)14-9-25-17-13(14)4-3-7-29(2)18(17)30/h9-12,24-25H,3-8H2,1-2H3,(H,26,27,28). The molecule has 10 heteroatoms. The second kappa shape index (κ2) is 7.90. The molecule has 2 atom stereocenters. The maximum atomic E-state index is 13.7. The van der Waals surface area contributed by atoms with Crippen molar-refractivity contribution in [3.8, 4) is 11.3 Å². The number of aromatic nitrogens is 3. The molecule has 4 heterocycles. The molecule has 1 saturated heterocycles. The predicted octanol–water partition coefficient (Wildman–Crippen LogP) is 3.06. The fourth-order valence-corrected chi connectivity index (χ4v) is 4.07. The smallest absolute Gasteiger partial charge is 0.356 e. The Morgan fingerprint density at radius 3 is 2.80 bits per heavy atom. The highest BCUT2D eigenvalue weighted by Crippen LogP contribution is 2.39. The van der Waals surface area contributed by atoms with E-state index < -0.39 is 11.7 Å². The van der Waals surface area contributed by atoms with Gasteiger partial charge in [-0.3, -0.25) is 4.79 Å². The monoisotopic (exact) mass is 422 g/mol. The number of piperidine rings is 1. The van der Waals surface area contributed by atoms with Crippen LogP contribution in [0.15, 0.2) is 12.4 Å². The van der Waals surface area contributed by atoms with Crippen LogP contribution in [-0.4, -0.2) is 58.0 Å².